The quantitative estimate of drug-likeness (QED) is 0.631. The molecule has 3 saturated heterocycles. The Morgan fingerprint density at radius 2 is 1.83 bits per heavy atom. The third-order valence-electron chi connectivity index (χ3n) is 7.74. The van der Waals surface area contributed by atoms with E-state index in [-0.39, 0.29) is 18.4 Å². The molecule has 2 aromatic carbocycles. The van der Waals surface area contributed by atoms with Gasteiger partial charge in [0.2, 0.25) is 17.7 Å². The molecule has 4 atom stereocenters. The maximum absolute atomic E-state index is 14.2. The van der Waals surface area contributed by atoms with E-state index in [0.717, 1.165) is 4.90 Å². The van der Waals surface area contributed by atoms with Crippen LogP contribution in [0.4, 0.5) is 11.4 Å². The van der Waals surface area contributed by atoms with Crippen LogP contribution in [0.1, 0.15) is 12.5 Å². The Morgan fingerprint density at radius 1 is 1.08 bits per heavy atom. The molecule has 3 fully saturated rings. The third kappa shape index (κ3) is 3.16. The molecule has 2 aromatic rings. The average molecular weight is 509 g/mol. The molecular formula is C26H25ClN4O5. The number of rotatable bonds is 3. The zero-order valence-corrected chi connectivity index (χ0v) is 20.4. The number of carbonyl (C=O) groups excluding carboxylic acids is 4. The molecule has 10 heteroatoms. The van der Waals surface area contributed by atoms with Crippen LogP contribution < -0.4 is 15.1 Å². The highest BCUT2D eigenvalue weighted by atomic mass is 35.5. The third-order valence-corrected chi connectivity index (χ3v) is 7.97. The Labute approximate surface area is 212 Å². The topological polar surface area (TPSA) is 99.3 Å². The molecule has 1 N–H and O–H groups in total. The lowest BCUT2D eigenvalue weighted by molar-refractivity contribution is -0.136. The average Bonchev–Trinajstić information content (AvgIpc) is 3.43. The van der Waals surface area contributed by atoms with Crippen LogP contribution in [0.5, 0.6) is 0 Å². The van der Waals surface area contributed by atoms with Crippen LogP contribution >= 0.6 is 11.6 Å². The molecule has 0 saturated carbocycles. The number of hydrogen-bond acceptors (Lipinski definition) is 6. The van der Waals surface area contributed by atoms with Crippen LogP contribution in [0, 0.1) is 11.8 Å². The fourth-order valence-corrected chi connectivity index (χ4v) is 6.37. The van der Waals surface area contributed by atoms with Gasteiger partial charge in [0.25, 0.3) is 5.91 Å². The van der Waals surface area contributed by atoms with Gasteiger partial charge in [-0.1, -0.05) is 35.9 Å². The second kappa shape index (κ2) is 8.40. The van der Waals surface area contributed by atoms with Crippen molar-refractivity contribution in [2.24, 2.45) is 11.8 Å². The molecule has 186 valence electrons. The number of imide groups is 1. The van der Waals surface area contributed by atoms with Gasteiger partial charge >= 0.3 is 0 Å². The van der Waals surface area contributed by atoms with Gasteiger partial charge in [-0.2, -0.15) is 0 Å². The molecule has 0 unspecified atom stereocenters. The van der Waals surface area contributed by atoms with Crippen molar-refractivity contribution in [3.63, 3.8) is 0 Å². The van der Waals surface area contributed by atoms with E-state index in [1.54, 1.807) is 53.4 Å². The molecule has 6 rings (SSSR count). The van der Waals surface area contributed by atoms with E-state index >= 15 is 0 Å². The predicted molar refractivity (Wildman–Crippen MR) is 131 cm³/mol. The Morgan fingerprint density at radius 3 is 2.58 bits per heavy atom. The minimum absolute atomic E-state index is 0.148. The maximum Gasteiger partial charge on any atom is 0.253 e. The summed E-state index contributed by atoms with van der Waals surface area (Å²) < 4.78 is 5.34. The van der Waals surface area contributed by atoms with Gasteiger partial charge in [-0.25, -0.2) is 4.90 Å². The van der Waals surface area contributed by atoms with Crippen LogP contribution in [0.2, 0.25) is 5.02 Å². The van der Waals surface area contributed by atoms with E-state index < -0.39 is 35.2 Å². The van der Waals surface area contributed by atoms with Crippen molar-refractivity contribution in [3.05, 3.63) is 59.1 Å². The van der Waals surface area contributed by atoms with Crippen molar-refractivity contribution in [2.75, 3.05) is 42.6 Å². The zero-order valence-electron chi connectivity index (χ0n) is 19.6. The summed E-state index contributed by atoms with van der Waals surface area (Å²) in [5.41, 5.74) is 0.128. The molecule has 9 nitrogen and oxygen atoms in total. The fourth-order valence-electron chi connectivity index (χ4n) is 6.18. The van der Waals surface area contributed by atoms with Crippen molar-refractivity contribution in [1.29, 1.82) is 0 Å². The monoisotopic (exact) mass is 508 g/mol. The zero-order chi connectivity index (χ0) is 25.2. The molecular weight excluding hydrogens is 484 g/mol. The summed E-state index contributed by atoms with van der Waals surface area (Å²) in [7, 11) is 0. The number of carbonyl (C=O) groups is 4. The van der Waals surface area contributed by atoms with Crippen LogP contribution in [-0.4, -0.2) is 67.4 Å². The largest absolute Gasteiger partial charge is 0.378 e. The van der Waals surface area contributed by atoms with E-state index in [0.29, 0.717) is 48.3 Å². The highest BCUT2D eigenvalue weighted by Crippen LogP contribution is 2.55. The number of hydrogen-bond donors (Lipinski definition) is 1. The minimum Gasteiger partial charge on any atom is -0.378 e. The predicted octanol–water partition coefficient (Wildman–Crippen LogP) is 1.54. The first-order chi connectivity index (χ1) is 17.3. The Bertz CT molecular complexity index is 1290. The summed E-state index contributed by atoms with van der Waals surface area (Å²) >= 11 is 6.14. The van der Waals surface area contributed by atoms with Gasteiger partial charge in [0.05, 0.1) is 30.7 Å². The molecule has 0 aliphatic carbocycles. The van der Waals surface area contributed by atoms with Crippen molar-refractivity contribution in [2.45, 2.75) is 18.5 Å². The first kappa shape index (κ1) is 23.1. The Balaban J connectivity index is 1.40. The van der Waals surface area contributed by atoms with Gasteiger partial charge in [-0.15, -0.1) is 0 Å². The molecule has 36 heavy (non-hydrogen) atoms. The standard InChI is InChI=1S/C26H25ClN4O5/c1-15-21-22(24(34)31(23(21)33)17-6-4-5-16(27)13-17)26(28-15)18-7-2-3-8-19(18)30(25(26)35)14-20(32)29-9-11-36-12-10-29/h2-8,13,15,21-22,28H,9-12,14H2,1H3/t15-,21+,22+,26+/m1/s1. The van der Waals surface area contributed by atoms with Crippen molar-refractivity contribution in [3.8, 4) is 0 Å². The van der Waals surface area contributed by atoms with E-state index in [4.69, 9.17) is 16.3 Å². The van der Waals surface area contributed by atoms with Crippen molar-refractivity contribution >= 4 is 46.6 Å². The molecule has 0 bridgehead atoms. The fraction of sp³-hybridized carbons (Fsp3) is 0.385. The van der Waals surface area contributed by atoms with Crippen LogP contribution in [-0.2, 0) is 29.5 Å². The number of morpholine rings is 1. The first-order valence-electron chi connectivity index (χ1n) is 12.0. The van der Waals surface area contributed by atoms with Crippen LogP contribution in [0.3, 0.4) is 0 Å². The highest BCUT2D eigenvalue weighted by molar-refractivity contribution is 6.31. The number of ether oxygens (including phenoxy) is 1. The van der Waals surface area contributed by atoms with Gasteiger partial charge in [0, 0.05) is 35.4 Å². The molecule has 4 aliphatic heterocycles. The highest BCUT2D eigenvalue weighted by Gasteiger charge is 2.71. The van der Waals surface area contributed by atoms with Gasteiger partial charge in [0.1, 0.15) is 12.1 Å². The number of nitrogens with one attached hydrogen (secondary N) is 1. The number of nitrogens with zero attached hydrogens (tertiary/aromatic N) is 3. The summed E-state index contributed by atoms with van der Waals surface area (Å²) in [6.07, 6.45) is 0. The normalized spacial score (nSPS) is 29.3. The second-order valence-corrected chi connectivity index (χ2v) is 10.1. The lowest BCUT2D eigenvalue weighted by Gasteiger charge is -2.31. The van der Waals surface area contributed by atoms with E-state index in [2.05, 4.69) is 5.32 Å². The van der Waals surface area contributed by atoms with Crippen molar-refractivity contribution in [1.82, 2.24) is 10.2 Å². The lowest BCUT2D eigenvalue weighted by Crippen LogP contribution is -2.56. The van der Waals surface area contributed by atoms with Gasteiger partial charge < -0.3 is 14.5 Å². The number of amides is 4. The van der Waals surface area contributed by atoms with Gasteiger partial charge in [-0.05, 0) is 31.2 Å². The first-order valence-corrected chi connectivity index (χ1v) is 12.4. The number of fused-ring (bicyclic) bond motifs is 4. The molecule has 4 amide bonds. The maximum atomic E-state index is 14.2. The minimum atomic E-state index is -1.44. The molecule has 0 radical (unpaired) electrons. The molecule has 1 spiro atoms. The second-order valence-electron chi connectivity index (χ2n) is 9.64. The van der Waals surface area contributed by atoms with E-state index in [9.17, 15) is 19.2 Å². The number of para-hydroxylation sites is 1. The summed E-state index contributed by atoms with van der Waals surface area (Å²) in [4.78, 5) is 59.1. The van der Waals surface area contributed by atoms with Crippen LogP contribution in [0.25, 0.3) is 0 Å². The molecule has 4 heterocycles. The Hall–Kier alpha value is -3.27. The lowest BCUT2D eigenvalue weighted by atomic mass is 9.76. The smallest absolute Gasteiger partial charge is 0.253 e. The van der Waals surface area contributed by atoms with Crippen molar-refractivity contribution < 1.29 is 23.9 Å². The number of anilines is 2. The van der Waals surface area contributed by atoms with Crippen LogP contribution in [0.15, 0.2) is 48.5 Å². The summed E-state index contributed by atoms with van der Waals surface area (Å²) in [6, 6.07) is 13.3. The number of benzene rings is 2. The molecule has 4 aliphatic rings. The summed E-state index contributed by atoms with van der Waals surface area (Å²) in [5.74, 6) is -3.07. The number of halogens is 1. The summed E-state index contributed by atoms with van der Waals surface area (Å²) in [6.45, 7) is 3.52. The Kier molecular flexibility index (Phi) is 5.40. The van der Waals surface area contributed by atoms with E-state index in [1.807, 2.05) is 6.92 Å². The van der Waals surface area contributed by atoms with Gasteiger partial charge in [0.15, 0.2) is 0 Å². The summed E-state index contributed by atoms with van der Waals surface area (Å²) in [5, 5.41) is 3.74. The van der Waals surface area contributed by atoms with Gasteiger partial charge in [-0.3, -0.25) is 24.5 Å². The molecule has 0 aromatic heterocycles. The SMILES string of the molecule is C[C@H]1N[C@]2(C(=O)N(CC(=O)N3CCOCC3)c3ccccc32)[C@@H]2C(=O)N(c3cccc(Cl)c3)C(=O)[C@H]21. The van der Waals surface area contributed by atoms with E-state index in [1.165, 1.54) is 4.90 Å².